The Morgan fingerprint density at radius 2 is 1.72 bits per heavy atom. The van der Waals surface area contributed by atoms with Crippen LogP contribution in [0.25, 0.3) is 5.76 Å². The minimum absolute atomic E-state index is 0.0355. The average molecular weight is 552 g/mol. The number of rotatable bonds is 5. The third kappa shape index (κ3) is 3.85. The SMILES string of the molecule is COc1ccc(C2/C(=C(\O)c3ccc(Br)c(C)c3)C(=O)C(=O)N2c2ccc3c(c2)OCO3)cc1OC. The molecule has 0 aliphatic carbocycles. The fraction of sp³-hybridized carbons (Fsp3) is 0.185. The van der Waals surface area contributed by atoms with Gasteiger partial charge in [0.05, 0.1) is 25.8 Å². The lowest BCUT2D eigenvalue weighted by atomic mass is 9.94. The van der Waals surface area contributed by atoms with Crippen LogP contribution >= 0.6 is 15.9 Å². The zero-order valence-electron chi connectivity index (χ0n) is 19.7. The van der Waals surface area contributed by atoms with Gasteiger partial charge < -0.3 is 24.1 Å². The van der Waals surface area contributed by atoms with Crippen LogP contribution in [0.3, 0.4) is 0 Å². The Morgan fingerprint density at radius 1 is 0.972 bits per heavy atom. The Morgan fingerprint density at radius 3 is 2.44 bits per heavy atom. The highest BCUT2D eigenvalue weighted by molar-refractivity contribution is 9.10. The maximum atomic E-state index is 13.4. The van der Waals surface area contributed by atoms with Crippen molar-refractivity contribution in [3.63, 3.8) is 0 Å². The topological polar surface area (TPSA) is 94.5 Å². The number of aliphatic hydroxyl groups is 1. The van der Waals surface area contributed by atoms with E-state index in [0.29, 0.717) is 39.8 Å². The van der Waals surface area contributed by atoms with E-state index in [-0.39, 0.29) is 18.1 Å². The lowest BCUT2D eigenvalue weighted by molar-refractivity contribution is -0.132. The van der Waals surface area contributed by atoms with E-state index in [4.69, 9.17) is 18.9 Å². The van der Waals surface area contributed by atoms with Gasteiger partial charge in [-0.1, -0.05) is 28.1 Å². The molecule has 3 aromatic rings. The van der Waals surface area contributed by atoms with Crippen molar-refractivity contribution in [3.8, 4) is 23.0 Å². The highest BCUT2D eigenvalue weighted by Gasteiger charge is 2.47. The van der Waals surface area contributed by atoms with Gasteiger partial charge in [0.25, 0.3) is 11.7 Å². The van der Waals surface area contributed by atoms with Gasteiger partial charge >= 0.3 is 0 Å². The number of hydrogen-bond donors (Lipinski definition) is 1. The first-order valence-corrected chi connectivity index (χ1v) is 11.8. The van der Waals surface area contributed by atoms with Crippen molar-refractivity contribution in [2.75, 3.05) is 25.9 Å². The predicted octanol–water partition coefficient (Wildman–Crippen LogP) is 5.13. The van der Waals surface area contributed by atoms with E-state index in [0.717, 1.165) is 10.0 Å². The molecular formula is C27H22BrNO7. The Balaban J connectivity index is 1.73. The zero-order chi connectivity index (χ0) is 25.6. The molecule has 0 aromatic heterocycles. The number of anilines is 1. The van der Waals surface area contributed by atoms with Gasteiger partial charge in [-0.25, -0.2) is 0 Å². The second kappa shape index (κ2) is 9.23. The van der Waals surface area contributed by atoms with Crippen LogP contribution in [0.5, 0.6) is 23.0 Å². The fourth-order valence-electron chi connectivity index (χ4n) is 4.42. The summed E-state index contributed by atoms with van der Waals surface area (Å²) in [6.07, 6.45) is 0. The molecule has 36 heavy (non-hydrogen) atoms. The molecule has 0 bridgehead atoms. The third-order valence-electron chi connectivity index (χ3n) is 6.23. The quantitative estimate of drug-likeness (QED) is 0.267. The van der Waals surface area contributed by atoms with Crippen molar-refractivity contribution in [1.29, 1.82) is 0 Å². The van der Waals surface area contributed by atoms with E-state index < -0.39 is 17.7 Å². The van der Waals surface area contributed by atoms with Gasteiger partial charge in [-0.05, 0) is 54.4 Å². The number of hydrogen-bond acceptors (Lipinski definition) is 7. The normalized spacial score (nSPS) is 18.0. The fourth-order valence-corrected chi connectivity index (χ4v) is 4.67. The number of aryl methyl sites for hydroxylation is 1. The summed E-state index contributed by atoms with van der Waals surface area (Å²) in [5.74, 6) is 0.0736. The van der Waals surface area contributed by atoms with Gasteiger partial charge in [-0.15, -0.1) is 0 Å². The first-order valence-electron chi connectivity index (χ1n) is 11.0. The lowest BCUT2D eigenvalue weighted by Gasteiger charge is -2.26. The standard InChI is InChI=1S/C27H22BrNO7/c1-14-10-16(4-7-18(14)28)25(30)23-24(15-5-8-19(33-2)21(11-15)34-3)29(27(32)26(23)31)17-6-9-20-22(12-17)36-13-35-20/h4-12,24,30H,13H2,1-3H3/b25-23+. The number of fused-ring (bicyclic) bond motifs is 1. The third-order valence-corrected chi connectivity index (χ3v) is 7.12. The molecule has 2 aliphatic heterocycles. The average Bonchev–Trinajstić information content (AvgIpc) is 3.46. The molecule has 1 N–H and O–H groups in total. The van der Waals surface area contributed by atoms with Crippen LogP contribution < -0.4 is 23.8 Å². The zero-order valence-corrected chi connectivity index (χ0v) is 21.3. The summed E-state index contributed by atoms with van der Waals surface area (Å²) in [4.78, 5) is 28.2. The monoisotopic (exact) mass is 551 g/mol. The number of ether oxygens (including phenoxy) is 4. The van der Waals surface area contributed by atoms with Gasteiger partial charge in [-0.3, -0.25) is 14.5 Å². The number of carbonyl (C=O) groups excluding carboxylic acids is 2. The summed E-state index contributed by atoms with van der Waals surface area (Å²) in [6, 6.07) is 14.4. The molecule has 1 fully saturated rings. The van der Waals surface area contributed by atoms with Crippen molar-refractivity contribution in [2.24, 2.45) is 0 Å². The first kappa shape index (κ1) is 23.7. The summed E-state index contributed by atoms with van der Waals surface area (Å²) >= 11 is 3.45. The summed E-state index contributed by atoms with van der Waals surface area (Å²) in [5.41, 5.74) is 2.23. The number of halogens is 1. The molecule has 2 aliphatic rings. The summed E-state index contributed by atoms with van der Waals surface area (Å²) in [7, 11) is 3.02. The molecule has 0 spiro atoms. The highest BCUT2D eigenvalue weighted by atomic mass is 79.9. The van der Waals surface area contributed by atoms with E-state index >= 15 is 0 Å². The maximum Gasteiger partial charge on any atom is 0.300 e. The molecule has 1 unspecified atom stereocenters. The molecule has 2 heterocycles. The minimum Gasteiger partial charge on any atom is -0.507 e. The number of Topliss-reactive ketones (excluding diaryl/α,β-unsaturated/α-hetero) is 1. The first-order chi connectivity index (χ1) is 17.3. The van der Waals surface area contributed by atoms with Gasteiger partial charge in [0.1, 0.15) is 5.76 Å². The van der Waals surface area contributed by atoms with Crippen molar-refractivity contribution in [3.05, 3.63) is 81.3 Å². The molecule has 8 nitrogen and oxygen atoms in total. The van der Waals surface area contributed by atoms with E-state index in [9.17, 15) is 14.7 Å². The predicted molar refractivity (Wildman–Crippen MR) is 136 cm³/mol. The maximum absolute atomic E-state index is 13.4. The Bertz CT molecular complexity index is 1430. The van der Waals surface area contributed by atoms with Gasteiger partial charge in [0, 0.05) is 21.8 Å². The summed E-state index contributed by atoms with van der Waals surface area (Å²) in [6.45, 7) is 1.94. The van der Waals surface area contributed by atoms with Crippen LogP contribution in [0.2, 0.25) is 0 Å². The van der Waals surface area contributed by atoms with Crippen LogP contribution in [0.1, 0.15) is 22.7 Å². The Hall–Kier alpha value is -3.98. The molecule has 1 atom stereocenters. The summed E-state index contributed by atoms with van der Waals surface area (Å²) in [5, 5.41) is 11.4. The van der Waals surface area contributed by atoms with Crippen LogP contribution in [-0.2, 0) is 9.59 Å². The van der Waals surface area contributed by atoms with Crippen LogP contribution in [0.4, 0.5) is 5.69 Å². The molecule has 0 saturated carbocycles. The second-order valence-electron chi connectivity index (χ2n) is 8.29. The van der Waals surface area contributed by atoms with Crippen LogP contribution in [0.15, 0.2) is 64.6 Å². The van der Waals surface area contributed by atoms with Gasteiger partial charge in [0.15, 0.2) is 23.0 Å². The number of methoxy groups -OCH3 is 2. The van der Waals surface area contributed by atoms with Crippen molar-refractivity contribution >= 4 is 39.1 Å². The van der Waals surface area contributed by atoms with E-state index in [1.54, 1.807) is 54.6 Å². The molecular weight excluding hydrogens is 530 g/mol. The molecule has 0 radical (unpaired) electrons. The number of amides is 1. The Labute approximate surface area is 215 Å². The van der Waals surface area contributed by atoms with E-state index in [2.05, 4.69) is 15.9 Å². The van der Waals surface area contributed by atoms with Gasteiger partial charge in [0.2, 0.25) is 6.79 Å². The molecule has 3 aromatic carbocycles. The molecule has 5 rings (SSSR count). The number of benzene rings is 3. The number of carbonyl (C=O) groups is 2. The van der Waals surface area contributed by atoms with Crippen molar-refractivity contribution < 1.29 is 33.6 Å². The Kier molecular flexibility index (Phi) is 6.09. The molecule has 1 saturated heterocycles. The highest BCUT2D eigenvalue weighted by Crippen LogP contribution is 2.46. The largest absolute Gasteiger partial charge is 0.507 e. The summed E-state index contributed by atoms with van der Waals surface area (Å²) < 4.78 is 22.6. The van der Waals surface area contributed by atoms with Crippen LogP contribution in [0, 0.1) is 6.92 Å². The van der Waals surface area contributed by atoms with Gasteiger partial charge in [-0.2, -0.15) is 0 Å². The lowest BCUT2D eigenvalue weighted by Crippen LogP contribution is -2.29. The molecule has 1 amide bonds. The van der Waals surface area contributed by atoms with Crippen LogP contribution in [-0.4, -0.2) is 37.8 Å². The van der Waals surface area contributed by atoms with E-state index in [1.807, 2.05) is 6.92 Å². The molecule has 9 heteroatoms. The van der Waals surface area contributed by atoms with Crippen molar-refractivity contribution in [2.45, 2.75) is 13.0 Å². The van der Waals surface area contributed by atoms with E-state index in [1.165, 1.54) is 19.1 Å². The smallest absolute Gasteiger partial charge is 0.300 e. The number of aliphatic hydroxyl groups excluding tert-OH is 1. The number of nitrogens with zero attached hydrogens (tertiary/aromatic N) is 1. The number of ketones is 1. The second-order valence-corrected chi connectivity index (χ2v) is 9.14. The molecule has 184 valence electrons. The van der Waals surface area contributed by atoms with Crippen molar-refractivity contribution in [1.82, 2.24) is 0 Å². The minimum atomic E-state index is -0.936.